The third-order valence-electron chi connectivity index (χ3n) is 5.88. The Bertz CT molecular complexity index is 1100. The number of esters is 1. The third kappa shape index (κ3) is 5.22. The van der Waals surface area contributed by atoms with Crippen LogP contribution in [0.4, 0.5) is 0 Å². The number of Topliss-reactive ketones (excluding diaryl/α,β-unsaturated/α-hetero) is 1. The summed E-state index contributed by atoms with van der Waals surface area (Å²) in [5.74, 6) is 1.06. The first-order valence-corrected chi connectivity index (χ1v) is 11.3. The van der Waals surface area contributed by atoms with Gasteiger partial charge in [0.2, 0.25) is 5.78 Å². The summed E-state index contributed by atoms with van der Waals surface area (Å²) in [5, 5.41) is 0. The van der Waals surface area contributed by atoms with Crippen LogP contribution in [0.3, 0.4) is 0 Å². The lowest BCUT2D eigenvalue weighted by molar-refractivity contribution is -0.151. The molecule has 0 N–H and O–H groups in total. The van der Waals surface area contributed by atoms with Crippen LogP contribution >= 0.6 is 0 Å². The standard InChI is InChI=1S/C26H27NO7/c1-3-32-26(30)18-10-12-27(13-11-18)24(28)16-33-20-8-9-21-22(15-20)34-23(25(21)29)14-17-4-6-19(31-2)7-5-17/h4-9,14-15,18H,3,10-13,16H2,1-2H3. The van der Waals surface area contributed by atoms with Crippen LogP contribution in [-0.4, -0.2) is 56.0 Å². The van der Waals surface area contributed by atoms with Crippen molar-refractivity contribution >= 4 is 23.7 Å². The molecule has 0 atom stereocenters. The van der Waals surface area contributed by atoms with E-state index in [4.69, 9.17) is 18.9 Å². The van der Waals surface area contributed by atoms with Gasteiger partial charge in [0.1, 0.15) is 17.2 Å². The molecule has 0 radical (unpaired) electrons. The number of amides is 1. The van der Waals surface area contributed by atoms with Gasteiger partial charge in [-0.1, -0.05) is 12.1 Å². The van der Waals surface area contributed by atoms with E-state index < -0.39 is 0 Å². The second-order valence-corrected chi connectivity index (χ2v) is 8.07. The number of rotatable bonds is 7. The molecule has 178 valence electrons. The Morgan fingerprint density at radius 3 is 2.47 bits per heavy atom. The van der Waals surface area contributed by atoms with Crippen molar-refractivity contribution in [3.05, 3.63) is 59.4 Å². The zero-order valence-corrected chi connectivity index (χ0v) is 19.2. The monoisotopic (exact) mass is 465 g/mol. The molecule has 2 heterocycles. The number of allylic oxidation sites excluding steroid dienone is 1. The largest absolute Gasteiger partial charge is 0.497 e. The Kier molecular flexibility index (Phi) is 7.15. The van der Waals surface area contributed by atoms with E-state index in [1.165, 1.54) is 0 Å². The molecule has 1 fully saturated rings. The van der Waals surface area contributed by atoms with Crippen molar-refractivity contribution in [3.63, 3.8) is 0 Å². The van der Waals surface area contributed by atoms with Gasteiger partial charge in [-0.2, -0.15) is 0 Å². The Morgan fingerprint density at radius 1 is 1.09 bits per heavy atom. The summed E-state index contributed by atoms with van der Waals surface area (Å²) < 4.78 is 21.6. The van der Waals surface area contributed by atoms with Crippen LogP contribution in [0.15, 0.2) is 48.2 Å². The maximum atomic E-state index is 12.7. The first-order valence-electron chi connectivity index (χ1n) is 11.3. The molecule has 2 aliphatic heterocycles. The minimum absolute atomic E-state index is 0.134. The average Bonchev–Trinajstić information content (AvgIpc) is 3.17. The first-order chi connectivity index (χ1) is 16.5. The van der Waals surface area contributed by atoms with Gasteiger partial charge in [0.05, 0.1) is 25.2 Å². The average molecular weight is 466 g/mol. The summed E-state index contributed by atoms with van der Waals surface area (Å²) in [6.45, 7) is 3.00. The number of ketones is 1. The highest BCUT2D eigenvalue weighted by Crippen LogP contribution is 2.35. The molecule has 1 saturated heterocycles. The minimum Gasteiger partial charge on any atom is -0.497 e. The van der Waals surface area contributed by atoms with Gasteiger partial charge in [-0.15, -0.1) is 0 Å². The van der Waals surface area contributed by atoms with E-state index in [0.717, 1.165) is 11.3 Å². The van der Waals surface area contributed by atoms with Gasteiger partial charge >= 0.3 is 5.97 Å². The smallest absolute Gasteiger partial charge is 0.309 e. The molecular weight excluding hydrogens is 438 g/mol. The number of carbonyl (C=O) groups excluding carboxylic acids is 3. The molecular formula is C26H27NO7. The maximum absolute atomic E-state index is 12.7. The van der Waals surface area contributed by atoms with Gasteiger partial charge in [0.25, 0.3) is 5.91 Å². The molecule has 8 nitrogen and oxygen atoms in total. The SMILES string of the molecule is CCOC(=O)C1CCN(C(=O)COc2ccc3c(c2)OC(=Cc2ccc(OC)cc2)C3=O)CC1. The lowest BCUT2D eigenvalue weighted by Gasteiger charge is -2.30. The van der Waals surface area contributed by atoms with Gasteiger partial charge in [0, 0.05) is 19.2 Å². The molecule has 2 aromatic carbocycles. The van der Waals surface area contributed by atoms with Gasteiger partial charge < -0.3 is 23.8 Å². The molecule has 0 aliphatic carbocycles. The van der Waals surface area contributed by atoms with E-state index >= 15 is 0 Å². The number of likely N-dealkylation sites (tertiary alicyclic amines) is 1. The Hall–Kier alpha value is -3.81. The number of benzene rings is 2. The number of nitrogens with zero attached hydrogens (tertiary/aromatic N) is 1. The highest BCUT2D eigenvalue weighted by molar-refractivity contribution is 6.14. The number of ether oxygens (including phenoxy) is 4. The van der Waals surface area contributed by atoms with Gasteiger partial charge in [0.15, 0.2) is 12.4 Å². The lowest BCUT2D eigenvalue weighted by atomic mass is 9.97. The summed E-state index contributed by atoms with van der Waals surface area (Å²) >= 11 is 0. The van der Waals surface area contributed by atoms with Crippen molar-refractivity contribution in [2.24, 2.45) is 5.92 Å². The lowest BCUT2D eigenvalue weighted by Crippen LogP contribution is -2.42. The highest BCUT2D eigenvalue weighted by Gasteiger charge is 2.29. The molecule has 8 heteroatoms. The predicted octanol–water partition coefficient (Wildman–Crippen LogP) is 3.49. The predicted molar refractivity (Wildman–Crippen MR) is 124 cm³/mol. The van der Waals surface area contributed by atoms with Crippen molar-refractivity contribution in [1.82, 2.24) is 4.90 Å². The molecule has 0 bridgehead atoms. The summed E-state index contributed by atoms with van der Waals surface area (Å²) in [7, 11) is 1.59. The van der Waals surface area contributed by atoms with E-state index in [1.54, 1.807) is 55.3 Å². The van der Waals surface area contributed by atoms with E-state index in [1.807, 2.05) is 12.1 Å². The van der Waals surface area contributed by atoms with E-state index in [9.17, 15) is 14.4 Å². The Balaban J connectivity index is 1.33. The van der Waals surface area contributed by atoms with Crippen molar-refractivity contribution in [1.29, 1.82) is 0 Å². The minimum atomic E-state index is -0.210. The number of piperidine rings is 1. The van der Waals surface area contributed by atoms with Crippen LogP contribution in [-0.2, 0) is 14.3 Å². The van der Waals surface area contributed by atoms with Gasteiger partial charge in [-0.3, -0.25) is 14.4 Å². The highest BCUT2D eigenvalue weighted by atomic mass is 16.5. The van der Waals surface area contributed by atoms with Gasteiger partial charge in [-0.25, -0.2) is 0 Å². The second-order valence-electron chi connectivity index (χ2n) is 8.07. The zero-order valence-electron chi connectivity index (χ0n) is 19.2. The van der Waals surface area contributed by atoms with Crippen LogP contribution in [0.25, 0.3) is 6.08 Å². The normalized spacial score (nSPS) is 16.7. The summed E-state index contributed by atoms with van der Waals surface area (Å²) in [5.41, 5.74) is 1.25. The maximum Gasteiger partial charge on any atom is 0.309 e. The van der Waals surface area contributed by atoms with Crippen LogP contribution in [0, 0.1) is 5.92 Å². The number of hydrogen-bond acceptors (Lipinski definition) is 7. The number of fused-ring (bicyclic) bond motifs is 1. The van der Waals surface area contributed by atoms with Crippen LogP contribution < -0.4 is 14.2 Å². The Morgan fingerprint density at radius 2 is 1.79 bits per heavy atom. The molecule has 4 rings (SSSR count). The second kappa shape index (κ2) is 10.4. The first kappa shape index (κ1) is 23.4. The zero-order chi connectivity index (χ0) is 24.1. The van der Waals surface area contributed by atoms with Crippen LogP contribution in [0.1, 0.15) is 35.7 Å². The third-order valence-corrected chi connectivity index (χ3v) is 5.88. The summed E-state index contributed by atoms with van der Waals surface area (Å²) in [4.78, 5) is 38.8. The molecule has 34 heavy (non-hydrogen) atoms. The topological polar surface area (TPSA) is 91.4 Å². The number of hydrogen-bond donors (Lipinski definition) is 0. The molecule has 0 aromatic heterocycles. The van der Waals surface area contributed by atoms with E-state index in [-0.39, 0.29) is 35.9 Å². The van der Waals surface area contributed by atoms with Crippen molar-refractivity contribution in [2.75, 3.05) is 33.4 Å². The molecule has 2 aliphatic rings. The fourth-order valence-corrected chi connectivity index (χ4v) is 3.97. The van der Waals surface area contributed by atoms with E-state index in [0.29, 0.717) is 49.6 Å². The van der Waals surface area contributed by atoms with Crippen molar-refractivity contribution in [3.8, 4) is 17.2 Å². The number of methoxy groups -OCH3 is 1. The van der Waals surface area contributed by atoms with Gasteiger partial charge in [-0.05, 0) is 55.7 Å². The number of carbonyl (C=O) groups is 3. The summed E-state index contributed by atoms with van der Waals surface area (Å²) in [6.07, 6.45) is 2.84. The van der Waals surface area contributed by atoms with Crippen molar-refractivity contribution < 1.29 is 33.3 Å². The van der Waals surface area contributed by atoms with Crippen LogP contribution in [0.2, 0.25) is 0 Å². The molecule has 0 unspecified atom stereocenters. The fraction of sp³-hybridized carbons (Fsp3) is 0.346. The van der Waals surface area contributed by atoms with E-state index in [2.05, 4.69) is 0 Å². The van der Waals surface area contributed by atoms with Crippen LogP contribution in [0.5, 0.6) is 17.2 Å². The molecule has 0 spiro atoms. The fourth-order valence-electron chi connectivity index (χ4n) is 3.97. The quantitative estimate of drug-likeness (QED) is 0.457. The molecule has 2 aromatic rings. The van der Waals surface area contributed by atoms with Crippen molar-refractivity contribution in [2.45, 2.75) is 19.8 Å². The summed E-state index contributed by atoms with van der Waals surface area (Å²) in [6, 6.07) is 12.2. The Labute approximate surface area is 198 Å². The molecule has 0 saturated carbocycles. The molecule has 1 amide bonds.